The Kier molecular flexibility index (Phi) is 8.16. The first-order chi connectivity index (χ1) is 20.2. The molecule has 210 valence electrons. The highest BCUT2D eigenvalue weighted by molar-refractivity contribution is 5.77. The van der Waals surface area contributed by atoms with Crippen molar-refractivity contribution < 1.29 is 18.6 Å². The van der Waals surface area contributed by atoms with Crippen LogP contribution in [0.4, 0.5) is 10.3 Å². The van der Waals surface area contributed by atoms with Gasteiger partial charge in [0, 0.05) is 11.8 Å². The SMILES string of the molecule is Nc1nc(OCc2ccccc2)c2ncn([C@H]3[C@H](F)[C@@H](COCc4ccccc4)[C@@H]3COCc3ccccc3)c2n1. The van der Waals surface area contributed by atoms with Gasteiger partial charge in [-0.15, -0.1) is 0 Å². The van der Waals surface area contributed by atoms with Crippen molar-refractivity contribution in [1.29, 1.82) is 0 Å². The lowest BCUT2D eigenvalue weighted by molar-refractivity contribution is -0.114. The number of anilines is 1. The molecule has 0 bridgehead atoms. The molecule has 0 unspecified atom stereocenters. The minimum atomic E-state index is -1.18. The molecule has 1 aliphatic rings. The normalized spacial score (nSPS) is 20.1. The van der Waals surface area contributed by atoms with Crippen LogP contribution in [0.3, 0.4) is 0 Å². The van der Waals surface area contributed by atoms with E-state index >= 15 is 4.39 Å². The number of fused-ring (bicyclic) bond motifs is 1. The van der Waals surface area contributed by atoms with Crippen LogP contribution in [0, 0.1) is 11.8 Å². The summed E-state index contributed by atoms with van der Waals surface area (Å²) < 4.78 is 35.7. The molecule has 2 aromatic heterocycles. The van der Waals surface area contributed by atoms with Gasteiger partial charge < -0.3 is 24.5 Å². The Morgan fingerprint density at radius 2 is 1.24 bits per heavy atom. The highest BCUT2D eigenvalue weighted by Crippen LogP contribution is 2.48. The Balaban J connectivity index is 1.21. The summed E-state index contributed by atoms with van der Waals surface area (Å²) in [6, 6.07) is 29.0. The molecule has 0 spiro atoms. The first kappa shape index (κ1) is 26.9. The third-order valence-corrected chi connectivity index (χ3v) is 7.51. The summed E-state index contributed by atoms with van der Waals surface area (Å²) in [5, 5.41) is 0. The molecule has 0 amide bonds. The number of aromatic nitrogens is 4. The van der Waals surface area contributed by atoms with E-state index in [0.29, 0.717) is 37.6 Å². The standard InChI is InChI=1S/C32H32FN5O3/c33-27-25(19-39-16-22-10-4-1-5-11-22)26(20-40-17-23-12-6-2-7-13-23)29(27)38-21-35-28-30(38)36-32(34)37-31(28)41-18-24-14-8-3-9-15-24/h1-15,21,25-27,29H,16-20H2,(H2,34,36,37)/t25-,26-,27+,29+/m0/s1. The molecule has 2 heterocycles. The van der Waals surface area contributed by atoms with Gasteiger partial charge in [0.2, 0.25) is 11.8 Å². The van der Waals surface area contributed by atoms with E-state index in [9.17, 15) is 0 Å². The van der Waals surface area contributed by atoms with Crippen LogP contribution in [-0.2, 0) is 29.3 Å². The minimum absolute atomic E-state index is 0.0386. The number of rotatable bonds is 12. The summed E-state index contributed by atoms with van der Waals surface area (Å²) in [7, 11) is 0. The molecular weight excluding hydrogens is 521 g/mol. The number of hydrogen-bond acceptors (Lipinski definition) is 7. The number of nitrogens with two attached hydrogens (primary N) is 1. The number of halogens is 1. The molecule has 6 rings (SSSR count). The van der Waals surface area contributed by atoms with Crippen LogP contribution in [0.1, 0.15) is 22.7 Å². The van der Waals surface area contributed by atoms with Crippen molar-refractivity contribution in [3.05, 3.63) is 114 Å². The first-order valence-electron chi connectivity index (χ1n) is 13.7. The van der Waals surface area contributed by atoms with E-state index in [1.165, 1.54) is 0 Å². The van der Waals surface area contributed by atoms with Crippen LogP contribution in [0.15, 0.2) is 97.3 Å². The van der Waals surface area contributed by atoms with Gasteiger partial charge in [0.15, 0.2) is 11.2 Å². The average Bonchev–Trinajstić information content (AvgIpc) is 3.42. The van der Waals surface area contributed by atoms with Gasteiger partial charge in [0.25, 0.3) is 0 Å². The van der Waals surface area contributed by atoms with Crippen molar-refractivity contribution in [3.63, 3.8) is 0 Å². The topological polar surface area (TPSA) is 97.3 Å². The van der Waals surface area contributed by atoms with E-state index in [1.807, 2.05) is 91.0 Å². The van der Waals surface area contributed by atoms with E-state index in [2.05, 4.69) is 15.0 Å². The van der Waals surface area contributed by atoms with Crippen LogP contribution in [0.25, 0.3) is 11.2 Å². The Labute approximate surface area is 237 Å². The van der Waals surface area contributed by atoms with Gasteiger partial charge in [-0.1, -0.05) is 91.0 Å². The number of imidazole rings is 1. The van der Waals surface area contributed by atoms with E-state index in [4.69, 9.17) is 19.9 Å². The van der Waals surface area contributed by atoms with Crippen molar-refractivity contribution in [2.24, 2.45) is 11.8 Å². The molecule has 0 saturated heterocycles. The van der Waals surface area contributed by atoms with E-state index in [-0.39, 0.29) is 30.3 Å². The fourth-order valence-electron chi connectivity index (χ4n) is 5.36. The van der Waals surface area contributed by atoms with Crippen LogP contribution in [0.5, 0.6) is 5.88 Å². The molecule has 1 saturated carbocycles. The fourth-order valence-corrected chi connectivity index (χ4v) is 5.36. The third kappa shape index (κ3) is 6.06. The molecular formula is C32H32FN5O3. The van der Waals surface area contributed by atoms with Gasteiger partial charge in [0.1, 0.15) is 12.8 Å². The summed E-state index contributed by atoms with van der Waals surface area (Å²) >= 11 is 0. The fraction of sp³-hybridized carbons (Fsp3) is 0.281. The molecule has 2 N–H and O–H groups in total. The van der Waals surface area contributed by atoms with Crippen LogP contribution >= 0.6 is 0 Å². The predicted molar refractivity (Wildman–Crippen MR) is 154 cm³/mol. The molecule has 1 fully saturated rings. The molecule has 0 radical (unpaired) electrons. The lowest BCUT2D eigenvalue weighted by Gasteiger charge is -2.48. The smallest absolute Gasteiger partial charge is 0.247 e. The summed E-state index contributed by atoms with van der Waals surface area (Å²) in [4.78, 5) is 13.2. The Bertz CT molecular complexity index is 1550. The number of nitrogen functional groups attached to an aromatic ring is 1. The van der Waals surface area contributed by atoms with E-state index in [1.54, 1.807) is 10.9 Å². The Morgan fingerprint density at radius 1 is 0.707 bits per heavy atom. The second-order valence-electron chi connectivity index (χ2n) is 10.2. The number of alkyl halides is 1. The molecule has 1 aliphatic carbocycles. The van der Waals surface area contributed by atoms with Crippen LogP contribution in [-0.4, -0.2) is 38.9 Å². The Hall–Kier alpha value is -4.34. The van der Waals surface area contributed by atoms with Crippen molar-refractivity contribution in [3.8, 4) is 5.88 Å². The number of nitrogens with zero attached hydrogens (tertiary/aromatic N) is 4. The highest BCUT2D eigenvalue weighted by Gasteiger charge is 2.53. The quantitative estimate of drug-likeness (QED) is 0.216. The second-order valence-corrected chi connectivity index (χ2v) is 10.2. The van der Waals surface area contributed by atoms with Gasteiger partial charge >= 0.3 is 0 Å². The van der Waals surface area contributed by atoms with Crippen molar-refractivity contribution in [2.75, 3.05) is 18.9 Å². The minimum Gasteiger partial charge on any atom is -0.471 e. The maximum atomic E-state index is 15.9. The molecule has 8 nitrogen and oxygen atoms in total. The molecule has 3 aromatic carbocycles. The lowest BCUT2D eigenvalue weighted by atomic mass is 9.68. The van der Waals surface area contributed by atoms with Gasteiger partial charge in [0.05, 0.1) is 38.8 Å². The first-order valence-corrected chi connectivity index (χ1v) is 13.7. The van der Waals surface area contributed by atoms with Gasteiger partial charge in [-0.2, -0.15) is 9.97 Å². The molecule has 4 atom stereocenters. The maximum absolute atomic E-state index is 15.9. The lowest BCUT2D eigenvalue weighted by Crippen LogP contribution is -2.53. The Morgan fingerprint density at radius 3 is 1.83 bits per heavy atom. The summed E-state index contributed by atoms with van der Waals surface area (Å²) in [6.07, 6.45) is 0.412. The van der Waals surface area contributed by atoms with E-state index in [0.717, 1.165) is 16.7 Å². The molecule has 5 aromatic rings. The summed E-state index contributed by atoms with van der Waals surface area (Å²) in [6.45, 7) is 1.80. The summed E-state index contributed by atoms with van der Waals surface area (Å²) in [5.74, 6) is -0.196. The van der Waals surface area contributed by atoms with Crippen LogP contribution < -0.4 is 10.5 Å². The maximum Gasteiger partial charge on any atom is 0.247 e. The monoisotopic (exact) mass is 553 g/mol. The molecule has 9 heteroatoms. The molecule has 0 aliphatic heterocycles. The van der Waals surface area contributed by atoms with Crippen LogP contribution in [0.2, 0.25) is 0 Å². The van der Waals surface area contributed by atoms with Crippen molar-refractivity contribution in [2.45, 2.75) is 32.0 Å². The number of ether oxygens (including phenoxy) is 3. The largest absolute Gasteiger partial charge is 0.471 e. The molecule has 41 heavy (non-hydrogen) atoms. The number of benzene rings is 3. The average molecular weight is 554 g/mol. The van der Waals surface area contributed by atoms with Crippen molar-refractivity contribution in [1.82, 2.24) is 19.5 Å². The number of hydrogen-bond donors (Lipinski definition) is 1. The third-order valence-electron chi connectivity index (χ3n) is 7.51. The predicted octanol–water partition coefficient (Wildman–Crippen LogP) is 5.55. The second kappa shape index (κ2) is 12.4. The summed E-state index contributed by atoms with van der Waals surface area (Å²) in [5.41, 5.74) is 10.0. The van der Waals surface area contributed by atoms with Gasteiger partial charge in [-0.05, 0) is 16.7 Å². The zero-order chi connectivity index (χ0) is 28.0. The van der Waals surface area contributed by atoms with Gasteiger partial charge in [-0.3, -0.25) is 0 Å². The zero-order valence-corrected chi connectivity index (χ0v) is 22.6. The zero-order valence-electron chi connectivity index (χ0n) is 22.6. The van der Waals surface area contributed by atoms with Crippen molar-refractivity contribution >= 4 is 17.1 Å². The van der Waals surface area contributed by atoms with E-state index < -0.39 is 12.2 Å². The highest BCUT2D eigenvalue weighted by atomic mass is 19.1. The van der Waals surface area contributed by atoms with Gasteiger partial charge in [-0.25, -0.2) is 9.37 Å².